The van der Waals surface area contributed by atoms with Gasteiger partial charge in [-0.2, -0.15) is 0 Å². The number of hydrogen-bond donors (Lipinski definition) is 3. The summed E-state index contributed by atoms with van der Waals surface area (Å²) < 4.78 is 40.9. The van der Waals surface area contributed by atoms with E-state index in [0.717, 1.165) is 12.1 Å². The van der Waals surface area contributed by atoms with Crippen LogP contribution in [0.1, 0.15) is 0 Å². The average Bonchev–Trinajstić information content (AvgIpc) is 2.53. The van der Waals surface area contributed by atoms with Crippen molar-refractivity contribution in [1.29, 1.82) is 0 Å². The van der Waals surface area contributed by atoms with E-state index in [1.165, 1.54) is 6.07 Å². The molecule has 3 aromatic rings. The molecule has 0 saturated heterocycles. The summed E-state index contributed by atoms with van der Waals surface area (Å²) in [5, 5.41) is 19.0. The van der Waals surface area contributed by atoms with Crippen LogP contribution in [0.3, 0.4) is 0 Å². The van der Waals surface area contributed by atoms with E-state index in [2.05, 4.69) is 14.7 Å². The molecule has 2 aromatic carbocycles. The van der Waals surface area contributed by atoms with Crippen LogP contribution in [0, 0.1) is 0 Å². The molecular weight excluding hydrogens is 340 g/mol. The minimum absolute atomic E-state index is 0.0733. The van der Waals surface area contributed by atoms with Crippen molar-refractivity contribution < 1.29 is 28.0 Å². The molecule has 0 radical (unpaired) electrons. The van der Waals surface area contributed by atoms with Gasteiger partial charge in [-0.1, -0.05) is 12.1 Å². The number of H-pyrrole nitrogens is 1. The smallest absolute Gasteiger partial charge is 0.423 e. The third kappa shape index (κ3) is 3.64. The summed E-state index contributed by atoms with van der Waals surface area (Å²) in [6.07, 6.45) is -4.99. The maximum Gasteiger partial charge on any atom is 0.573 e. The van der Waals surface area contributed by atoms with E-state index < -0.39 is 30.3 Å². The number of halogens is 3. The van der Waals surface area contributed by atoms with Crippen LogP contribution in [0.2, 0.25) is 0 Å². The summed E-state index contributed by atoms with van der Waals surface area (Å²) in [5.41, 5.74) is -0.351. The van der Waals surface area contributed by atoms with Gasteiger partial charge in [-0.15, -0.1) is 13.2 Å². The number of nitrogens with one attached hydrogen (secondary N) is 1. The van der Waals surface area contributed by atoms with Gasteiger partial charge in [0.1, 0.15) is 11.6 Å². The van der Waals surface area contributed by atoms with Gasteiger partial charge >= 0.3 is 13.5 Å². The second kappa shape index (κ2) is 6.23. The van der Waals surface area contributed by atoms with Crippen LogP contribution < -0.4 is 15.8 Å². The van der Waals surface area contributed by atoms with Gasteiger partial charge in [0, 0.05) is 11.0 Å². The Labute approximate surface area is 138 Å². The molecule has 6 nitrogen and oxygen atoms in total. The molecule has 0 aliphatic rings. The highest BCUT2D eigenvalue weighted by Gasteiger charge is 2.33. The highest BCUT2D eigenvalue weighted by Crippen LogP contribution is 2.24. The fraction of sp³-hybridized carbons (Fsp3) is 0.0667. The van der Waals surface area contributed by atoms with E-state index >= 15 is 0 Å². The fourth-order valence-electron chi connectivity index (χ4n) is 2.34. The molecule has 0 aliphatic heterocycles. The van der Waals surface area contributed by atoms with Crippen molar-refractivity contribution in [3.8, 4) is 17.1 Å². The highest BCUT2D eigenvalue weighted by molar-refractivity contribution is 6.59. The van der Waals surface area contributed by atoms with Crippen LogP contribution in [0.5, 0.6) is 5.75 Å². The van der Waals surface area contributed by atoms with Crippen molar-refractivity contribution >= 4 is 23.5 Å². The third-order valence-electron chi connectivity index (χ3n) is 3.40. The van der Waals surface area contributed by atoms with Gasteiger partial charge in [0.05, 0.1) is 10.9 Å². The van der Waals surface area contributed by atoms with Crippen molar-refractivity contribution in [3.63, 3.8) is 0 Å². The Morgan fingerprint density at radius 3 is 2.52 bits per heavy atom. The normalized spacial score (nSPS) is 11.6. The Morgan fingerprint density at radius 1 is 1.12 bits per heavy atom. The molecule has 25 heavy (non-hydrogen) atoms. The summed E-state index contributed by atoms with van der Waals surface area (Å²) in [5.74, 6) is -0.682. The molecule has 0 atom stereocenters. The van der Waals surface area contributed by atoms with Crippen LogP contribution in [-0.2, 0) is 0 Å². The SMILES string of the molecule is O=c1[nH]c(-c2ccc(OC(F)(F)F)c(B(O)O)c2)nc2ccccc12. The van der Waals surface area contributed by atoms with Gasteiger partial charge in [0.2, 0.25) is 0 Å². The van der Waals surface area contributed by atoms with E-state index in [1.807, 2.05) is 0 Å². The molecule has 0 spiro atoms. The van der Waals surface area contributed by atoms with Crippen LogP contribution in [0.15, 0.2) is 47.3 Å². The van der Waals surface area contributed by atoms with Gasteiger partial charge in [0.15, 0.2) is 0 Å². The molecule has 1 aromatic heterocycles. The van der Waals surface area contributed by atoms with E-state index in [9.17, 15) is 28.0 Å². The number of aromatic amines is 1. The summed E-state index contributed by atoms with van der Waals surface area (Å²) in [4.78, 5) is 18.8. The number of alkyl halides is 3. The standard InChI is InChI=1S/C15H10BF3N2O4/c17-15(18,19)25-12-6-5-8(7-10(12)16(23)24)13-20-11-4-2-1-3-9(11)14(22)21-13/h1-7,23-24H,(H,20,21,22). The maximum atomic E-state index is 12.4. The zero-order valence-corrected chi connectivity index (χ0v) is 12.4. The lowest BCUT2D eigenvalue weighted by atomic mass is 9.78. The Bertz CT molecular complexity index is 988. The van der Waals surface area contributed by atoms with Crippen molar-refractivity contribution in [2.75, 3.05) is 0 Å². The summed E-state index contributed by atoms with van der Waals surface area (Å²) in [6.45, 7) is 0. The molecule has 0 unspecified atom stereocenters. The number of nitrogens with zero attached hydrogens (tertiary/aromatic N) is 1. The van der Waals surface area contributed by atoms with Crippen LogP contribution in [-0.4, -0.2) is 33.5 Å². The molecule has 3 rings (SSSR count). The fourth-order valence-corrected chi connectivity index (χ4v) is 2.34. The van der Waals surface area contributed by atoms with Crippen molar-refractivity contribution in [3.05, 3.63) is 52.8 Å². The number of rotatable bonds is 3. The van der Waals surface area contributed by atoms with Crippen LogP contribution in [0.4, 0.5) is 13.2 Å². The zero-order valence-electron chi connectivity index (χ0n) is 12.4. The second-order valence-corrected chi connectivity index (χ2v) is 5.11. The molecule has 0 fully saturated rings. The number of aromatic nitrogens is 2. The molecule has 10 heteroatoms. The Morgan fingerprint density at radius 2 is 1.84 bits per heavy atom. The molecular formula is C15H10BF3N2O4. The first-order valence-corrected chi connectivity index (χ1v) is 7.00. The average molecular weight is 350 g/mol. The van der Waals surface area contributed by atoms with Gasteiger partial charge in [-0.25, -0.2) is 4.98 Å². The molecule has 0 aliphatic carbocycles. The maximum absolute atomic E-state index is 12.4. The van der Waals surface area contributed by atoms with Gasteiger partial charge in [-0.05, 0) is 30.3 Å². The van der Waals surface area contributed by atoms with E-state index in [0.29, 0.717) is 10.9 Å². The zero-order chi connectivity index (χ0) is 18.2. The lowest BCUT2D eigenvalue weighted by Crippen LogP contribution is -2.34. The summed E-state index contributed by atoms with van der Waals surface area (Å²) in [7, 11) is -2.20. The van der Waals surface area contributed by atoms with Crippen LogP contribution >= 0.6 is 0 Å². The first-order chi connectivity index (χ1) is 11.7. The summed E-state index contributed by atoms with van der Waals surface area (Å²) >= 11 is 0. The molecule has 128 valence electrons. The number of benzene rings is 2. The largest absolute Gasteiger partial charge is 0.573 e. The summed E-state index contributed by atoms with van der Waals surface area (Å²) in [6, 6.07) is 9.74. The van der Waals surface area contributed by atoms with E-state index in [-0.39, 0.29) is 11.4 Å². The van der Waals surface area contributed by atoms with Crippen molar-refractivity contribution in [2.45, 2.75) is 6.36 Å². The van der Waals surface area contributed by atoms with Gasteiger partial charge in [-0.3, -0.25) is 4.79 Å². The minimum atomic E-state index is -4.99. The van der Waals surface area contributed by atoms with Crippen molar-refractivity contribution in [1.82, 2.24) is 9.97 Å². The minimum Gasteiger partial charge on any atom is -0.423 e. The number of ether oxygens (including phenoxy) is 1. The van der Waals surface area contributed by atoms with Crippen molar-refractivity contribution in [2.24, 2.45) is 0 Å². The Kier molecular flexibility index (Phi) is 4.23. The third-order valence-corrected chi connectivity index (χ3v) is 3.40. The predicted molar refractivity (Wildman–Crippen MR) is 84.3 cm³/mol. The van der Waals surface area contributed by atoms with Gasteiger partial charge < -0.3 is 19.8 Å². The van der Waals surface area contributed by atoms with E-state index in [4.69, 9.17) is 0 Å². The first-order valence-electron chi connectivity index (χ1n) is 7.00. The molecule has 1 heterocycles. The number of para-hydroxylation sites is 1. The van der Waals surface area contributed by atoms with E-state index in [1.54, 1.807) is 24.3 Å². The lowest BCUT2D eigenvalue weighted by Gasteiger charge is -2.14. The second-order valence-electron chi connectivity index (χ2n) is 5.11. The Balaban J connectivity index is 2.12. The number of hydrogen-bond acceptors (Lipinski definition) is 5. The van der Waals surface area contributed by atoms with Gasteiger partial charge in [0.25, 0.3) is 5.56 Å². The highest BCUT2D eigenvalue weighted by atomic mass is 19.4. The molecule has 0 saturated carbocycles. The molecule has 0 amide bonds. The monoisotopic (exact) mass is 350 g/mol. The predicted octanol–water partition coefficient (Wildman–Crippen LogP) is 1.17. The topological polar surface area (TPSA) is 95.4 Å². The first kappa shape index (κ1) is 17.0. The number of fused-ring (bicyclic) bond motifs is 1. The van der Waals surface area contributed by atoms with Crippen LogP contribution in [0.25, 0.3) is 22.3 Å². The Hall–Kier alpha value is -2.85. The molecule has 0 bridgehead atoms. The lowest BCUT2D eigenvalue weighted by molar-refractivity contribution is -0.274. The quantitative estimate of drug-likeness (QED) is 0.617. The molecule has 3 N–H and O–H groups in total.